The summed E-state index contributed by atoms with van der Waals surface area (Å²) in [5, 5.41) is 0. The highest BCUT2D eigenvalue weighted by Gasteiger charge is 2.51. The highest BCUT2D eigenvalue weighted by atomic mass is 16.5. The van der Waals surface area contributed by atoms with Crippen LogP contribution < -0.4 is 0 Å². The van der Waals surface area contributed by atoms with E-state index in [4.69, 9.17) is 4.74 Å². The van der Waals surface area contributed by atoms with Crippen LogP contribution in [0.4, 0.5) is 0 Å². The fourth-order valence-electron chi connectivity index (χ4n) is 4.26. The average Bonchev–Trinajstić information content (AvgIpc) is 2.64. The molecule has 0 aromatic carbocycles. The van der Waals surface area contributed by atoms with Gasteiger partial charge in [-0.15, -0.1) is 0 Å². The van der Waals surface area contributed by atoms with Gasteiger partial charge in [-0.05, 0) is 50.4 Å². The Kier molecular flexibility index (Phi) is 3.84. The lowest BCUT2D eigenvalue weighted by atomic mass is 9.64. The summed E-state index contributed by atoms with van der Waals surface area (Å²) in [7, 11) is 0. The van der Waals surface area contributed by atoms with E-state index in [9.17, 15) is 9.59 Å². The Morgan fingerprint density at radius 1 is 1.37 bits per heavy atom. The summed E-state index contributed by atoms with van der Waals surface area (Å²) >= 11 is 0. The van der Waals surface area contributed by atoms with E-state index in [-0.39, 0.29) is 23.1 Å². The molecule has 0 heterocycles. The molecule has 0 spiro atoms. The van der Waals surface area contributed by atoms with Gasteiger partial charge in [0, 0.05) is 12.8 Å². The number of ketones is 1. The third-order valence-electron chi connectivity index (χ3n) is 5.00. The monoisotopic (exact) mass is 264 g/mol. The zero-order valence-electron chi connectivity index (χ0n) is 12.2. The van der Waals surface area contributed by atoms with E-state index in [0.29, 0.717) is 5.92 Å². The Bertz CT molecular complexity index is 412. The quantitative estimate of drug-likeness (QED) is 0.580. The van der Waals surface area contributed by atoms with Crippen molar-refractivity contribution in [3.8, 4) is 0 Å². The Hall–Kier alpha value is -1.12. The van der Waals surface area contributed by atoms with E-state index in [1.165, 1.54) is 32.3 Å². The van der Waals surface area contributed by atoms with Crippen LogP contribution in [0.25, 0.3) is 0 Å². The third kappa shape index (κ3) is 2.60. The predicted molar refractivity (Wildman–Crippen MR) is 73.5 cm³/mol. The Labute approximate surface area is 115 Å². The van der Waals surface area contributed by atoms with Gasteiger partial charge in [-0.3, -0.25) is 9.59 Å². The van der Waals surface area contributed by atoms with Crippen LogP contribution in [0.15, 0.2) is 12.2 Å². The van der Waals surface area contributed by atoms with Crippen molar-refractivity contribution in [2.75, 3.05) is 0 Å². The standard InChI is InChI=1S/C16H24O3/c1-10-6-5-8-16(4)9-7-13(14(10)16)15(11(2)17)19-12(3)18/h13-15H,1,5-9H2,2-4H3/t13-,14+,15+,16-/m0/s1. The average molecular weight is 264 g/mol. The second-order valence-electron chi connectivity index (χ2n) is 6.49. The van der Waals surface area contributed by atoms with Crippen molar-refractivity contribution < 1.29 is 14.3 Å². The van der Waals surface area contributed by atoms with Crippen molar-refractivity contribution in [2.24, 2.45) is 17.3 Å². The highest BCUT2D eigenvalue weighted by Crippen LogP contribution is 2.57. The van der Waals surface area contributed by atoms with E-state index in [1.54, 1.807) is 0 Å². The van der Waals surface area contributed by atoms with Gasteiger partial charge in [0.15, 0.2) is 11.9 Å². The maximum Gasteiger partial charge on any atom is 0.303 e. The summed E-state index contributed by atoms with van der Waals surface area (Å²) in [6.07, 6.45) is 4.90. The molecule has 0 aromatic rings. The molecule has 2 aliphatic carbocycles. The van der Waals surface area contributed by atoms with Crippen LogP contribution in [0.2, 0.25) is 0 Å². The van der Waals surface area contributed by atoms with Gasteiger partial charge in [-0.25, -0.2) is 0 Å². The number of allylic oxidation sites excluding steroid dienone is 1. The van der Waals surface area contributed by atoms with Crippen molar-refractivity contribution >= 4 is 11.8 Å². The predicted octanol–water partition coefficient (Wildman–Crippen LogP) is 3.28. The molecule has 0 N–H and O–H groups in total. The van der Waals surface area contributed by atoms with Crippen molar-refractivity contribution in [3.05, 3.63) is 12.2 Å². The number of rotatable bonds is 3. The van der Waals surface area contributed by atoms with Crippen LogP contribution in [0.5, 0.6) is 0 Å². The second kappa shape index (κ2) is 5.10. The molecule has 0 aromatic heterocycles. The van der Waals surface area contributed by atoms with Gasteiger partial charge in [0.1, 0.15) is 0 Å². The number of fused-ring (bicyclic) bond motifs is 1. The van der Waals surface area contributed by atoms with Gasteiger partial charge in [0.2, 0.25) is 0 Å². The van der Waals surface area contributed by atoms with Crippen LogP contribution in [0.1, 0.15) is 52.9 Å². The summed E-state index contributed by atoms with van der Waals surface area (Å²) < 4.78 is 5.31. The van der Waals surface area contributed by atoms with Crippen LogP contribution in [-0.4, -0.2) is 17.9 Å². The maximum atomic E-state index is 11.8. The van der Waals surface area contributed by atoms with Crippen LogP contribution in [0, 0.1) is 17.3 Å². The number of esters is 1. The summed E-state index contributed by atoms with van der Waals surface area (Å²) in [4.78, 5) is 23.1. The minimum Gasteiger partial charge on any atom is -0.454 e. The molecule has 0 aliphatic heterocycles. The van der Waals surface area contributed by atoms with Crippen molar-refractivity contribution in [2.45, 2.75) is 59.0 Å². The molecule has 0 saturated heterocycles. The molecule has 3 heteroatoms. The molecule has 2 fully saturated rings. The van der Waals surface area contributed by atoms with Crippen LogP contribution in [-0.2, 0) is 14.3 Å². The molecule has 0 amide bonds. The lowest BCUT2D eigenvalue weighted by Crippen LogP contribution is -2.39. The zero-order chi connectivity index (χ0) is 14.2. The molecule has 0 unspecified atom stereocenters. The summed E-state index contributed by atoms with van der Waals surface area (Å²) in [5.74, 6) is 0.0479. The third-order valence-corrected chi connectivity index (χ3v) is 5.00. The van der Waals surface area contributed by atoms with Gasteiger partial charge in [-0.1, -0.05) is 19.1 Å². The number of hydrogen-bond donors (Lipinski definition) is 0. The molecule has 2 saturated carbocycles. The molecule has 2 rings (SSSR count). The molecular weight excluding hydrogens is 240 g/mol. The van der Waals surface area contributed by atoms with E-state index in [2.05, 4.69) is 13.5 Å². The van der Waals surface area contributed by atoms with Crippen molar-refractivity contribution in [3.63, 3.8) is 0 Å². The number of ether oxygens (including phenoxy) is 1. The lowest BCUT2D eigenvalue weighted by Gasteiger charge is -2.41. The Morgan fingerprint density at radius 2 is 2.05 bits per heavy atom. The highest BCUT2D eigenvalue weighted by molar-refractivity contribution is 5.83. The molecule has 0 radical (unpaired) electrons. The molecule has 3 nitrogen and oxygen atoms in total. The van der Waals surface area contributed by atoms with E-state index in [0.717, 1.165) is 19.3 Å². The summed E-state index contributed by atoms with van der Waals surface area (Å²) in [5.41, 5.74) is 1.49. The summed E-state index contributed by atoms with van der Waals surface area (Å²) in [6, 6.07) is 0. The first-order valence-electron chi connectivity index (χ1n) is 7.20. The van der Waals surface area contributed by atoms with E-state index >= 15 is 0 Å². The number of hydrogen-bond acceptors (Lipinski definition) is 3. The SMILES string of the molecule is C=C1CCC[C@@]2(C)CC[C@H]([C@H](OC(C)=O)C(C)=O)[C@@H]12. The van der Waals surface area contributed by atoms with Crippen LogP contribution in [0.3, 0.4) is 0 Å². The topological polar surface area (TPSA) is 43.4 Å². The molecular formula is C16H24O3. The number of Topliss-reactive ketones (excluding diaryl/α,β-unsaturated/α-hetero) is 1. The molecule has 19 heavy (non-hydrogen) atoms. The smallest absolute Gasteiger partial charge is 0.303 e. The van der Waals surface area contributed by atoms with Gasteiger partial charge < -0.3 is 4.74 Å². The van der Waals surface area contributed by atoms with E-state index in [1.807, 2.05) is 0 Å². The van der Waals surface area contributed by atoms with Gasteiger partial charge in [-0.2, -0.15) is 0 Å². The fourth-order valence-corrected chi connectivity index (χ4v) is 4.26. The Morgan fingerprint density at radius 3 is 2.63 bits per heavy atom. The van der Waals surface area contributed by atoms with Gasteiger partial charge >= 0.3 is 5.97 Å². The minimum absolute atomic E-state index is 0.0391. The molecule has 0 bridgehead atoms. The van der Waals surface area contributed by atoms with Gasteiger partial charge in [0.05, 0.1) is 0 Å². The molecule has 2 aliphatic rings. The lowest BCUT2D eigenvalue weighted by molar-refractivity contribution is -0.156. The molecule has 4 atom stereocenters. The number of carbonyl (C=O) groups excluding carboxylic acids is 2. The number of carbonyl (C=O) groups is 2. The van der Waals surface area contributed by atoms with Crippen LogP contribution >= 0.6 is 0 Å². The zero-order valence-corrected chi connectivity index (χ0v) is 12.2. The fraction of sp³-hybridized carbons (Fsp3) is 0.750. The minimum atomic E-state index is -0.584. The first-order valence-corrected chi connectivity index (χ1v) is 7.20. The largest absolute Gasteiger partial charge is 0.454 e. The van der Waals surface area contributed by atoms with E-state index < -0.39 is 6.10 Å². The first-order chi connectivity index (χ1) is 8.85. The van der Waals surface area contributed by atoms with Crippen molar-refractivity contribution in [1.82, 2.24) is 0 Å². The second-order valence-corrected chi connectivity index (χ2v) is 6.49. The maximum absolute atomic E-state index is 11.8. The first kappa shape index (κ1) is 14.3. The Balaban J connectivity index is 2.26. The normalized spacial score (nSPS) is 35.6. The molecule has 106 valence electrons. The van der Waals surface area contributed by atoms with Gasteiger partial charge in [0.25, 0.3) is 0 Å². The van der Waals surface area contributed by atoms with Crippen molar-refractivity contribution in [1.29, 1.82) is 0 Å². The summed E-state index contributed by atoms with van der Waals surface area (Å²) in [6.45, 7) is 9.42.